The maximum Gasteiger partial charge on any atom is 0.434 e. The van der Waals surface area contributed by atoms with Gasteiger partial charge in [-0.15, -0.1) is 0 Å². The van der Waals surface area contributed by atoms with E-state index >= 15 is 0 Å². The number of hydrogen-bond acceptors (Lipinski definition) is 4. The molecule has 0 saturated carbocycles. The van der Waals surface area contributed by atoms with Crippen LogP contribution in [0.2, 0.25) is 5.28 Å². The Bertz CT molecular complexity index is 1230. The quantitative estimate of drug-likeness (QED) is 0.327. The number of rotatable bonds is 4. The molecular formula is C19H15ClF4N6. The average Bonchev–Trinajstić information content (AvgIpc) is 3.31. The van der Waals surface area contributed by atoms with Gasteiger partial charge in [-0.1, -0.05) is 6.07 Å². The third kappa shape index (κ3) is 3.51. The van der Waals surface area contributed by atoms with E-state index in [9.17, 15) is 17.6 Å². The molecule has 11 heteroatoms. The number of aryl methyl sites for hydroxylation is 1. The highest BCUT2D eigenvalue weighted by Gasteiger charge is 2.35. The summed E-state index contributed by atoms with van der Waals surface area (Å²) in [4.78, 5) is 11.7. The Hall–Kier alpha value is -3.01. The van der Waals surface area contributed by atoms with Crippen molar-refractivity contribution in [3.05, 3.63) is 59.1 Å². The second-order valence-electron chi connectivity index (χ2n) is 6.66. The number of hydrogen-bond donors (Lipinski definition) is 0. The topological polar surface area (TPSA) is 61.4 Å². The zero-order valence-corrected chi connectivity index (χ0v) is 16.6. The SMILES string of the molecule is CCn1cc(C(F)(F)F)nc1-c1ccc(C(C)n2ncc3cnc(Cl)nc32)cc1F. The zero-order valence-electron chi connectivity index (χ0n) is 15.8. The number of benzene rings is 1. The van der Waals surface area contributed by atoms with E-state index in [0.717, 1.165) is 6.20 Å². The zero-order chi connectivity index (χ0) is 21.6. The summed E-state index contributed by atoms with van der Waals surface area (Å²) in [5, 5.41) is 5.01. The first-order chi connectivity index (χ1) is 14.2. The minimum Gasteiger partial charge on any atom is -0.331 e. The van der Waals surface area contributed by atoms with Gasteiger partial charge >= 0.3 is 6.18 Å². The second-order valence-corrected chi connectivity index (χ2v) is 6.99. The van der Waals surface area contributed by atoms with Gasteiger partial charge in [-0.05, 0) is 43.1 Å². The summed E-state index contributed by atoms with van der Waals surface area (Å²) in [6, 6.07) is 3.90. The number of halogens is 5. The van der Waals surface area contributed by atoms with Gasteiger partial charge in [0.1, 0.15) is 11.6 Å². The fourth-order valence-corrected chi connectivity index (χ4v) is 3.35. The van der Waals surface area contributed by atoms with Gasteiger partial charge in [-0.3, -0.25) is 0 Å². The summed E-state index contributed by atoms with van der Waals surface area (Å²) in [5.41, 5.74) is -0.0280. The van der Waals surface area contributed by atoms with E-state index in [2.05, 4.69) is 20.1 Å². The molecule has 0 saturated heterocycles. The van der Waals surface area contributed by atoms with E-state index in [-0.39, 0.29) is 23.2 Å². The Morgan fingerprint density at radius 2 is 1.93 bits per heavy atom. The van der Waals surface area contributed by atoms with E-state index < -0.39 is 23.7 Å². The summed E-state index contributed by atoms with van der Waals surface area (Å²) in [7, 11) is 0. The minimum absolute atomic E-state index is 0.0148. The smallest absolute Gasteiger partial charge is 0.331 e. The molecule has 0 aliphatic rings. The van der Waals surface area contributed by atoms with Crippen molar-refractivity contribution in [1.29, 1.82) is 0 Å². The molecule has 1 atom stereocenters. The highest BCUT2D eigenvalue weighted by Crippen LogP contribution is 2.33. The van der Waals surface area contributed by atoms with Crippen LogP contribution < -0.4 is 0 Å². The van der Waals surface area contributed by atoms with Crippen molar-refractivity contribution in [2.24, 2.45) is 0 Å². The van der Waals surface area contributed by atoms with Crippen LogP contribution in [-0.4, -0.2) is 29.3 Å². The summed E-state index contributed by atoms with van der Waals surface area (Å²) in [5.74, 6) is -0.761. The molecule has 0 radical (unpaired) electrons. The van der Waals surface area contributed by atoms with Crippen molar-refractivity contribution in [3.8, 4) is 11.4 Å². The lowest BCUT2D eigenvalue weighted by atomic mass is 10.0. The fraction of sp³-hybridized carbons (Fsp3) is 0.263. The number of fused-ring (bicyclic) bond motifs is 1. The normalized spacial score (nSPS) is 13.2. The lowest BCUT2D eigenvalue weighted by Gasteiger charge is -2.15. The first-order valence-corrected chi connectivity index (χ1v) is 9.36. The Labute approximate surface area is 173 Å². The van der Waals surface area contributed by atoms with E-state index in [1.165, 1.54) is 22.9 Å². The van der Waals surface area contributed by atoms with Crippen LogP contribution in [0.15, 0.2) is 36.8 Å². The van der Waals surface area contributed by atoms with Crippen LogP contribution in [0.5, 0.6) is 0 Å². The molecule has 0 aliphatic carbocycles. The Kier molecular flexibility index (Phi) is 4.97. The predicted molar refractivity (Wildman–Crippen MR) is 102 cm³/mol. The molecule has 0 aliphatic heterocycles. The minimum atomic E-state index is -4.61. The van der Waals surface area contributed by atoms with Crippen molar-refractivity contribution in [2.45, 2.75) is 32.6 Å². The van der Waals surface area contributed by atoms with Gasteiger partial charge in [0.15, 0.2) is 11.3 Å². The van der Waals surface area contributed by atoms with Crippen LogP contribution in [0, 0.1) is 5.82 Å². The fourth-order valence-electron chi connectivity index (χ4n) is 3.22. The lowest BCUT2D eigenvalue weighted by molar-refractivity contribution is -0.140. The molecular weight excluding hydrogens is 424 g/mol. The summed E-state index contributed by atoms with van der Waals surface area (Å²) in [6.07, 6.45) is -0.619. The van der Waals surface area contributed by atoms with E-state index in [0.29, 0.717) is 16.6 Å². The van der Waals surface area contributed by atoms with Crippen LogP contribution in [0.1, 0.15) is 31.1 Å². The number of alkyl halides is 3. The number of imidazole rings is 1. The van der Waals surface area contributed by atoms with Crippen LogP contribution in [0.25, 0.3) is 22.4 Å². The molecule has 6 nitrogen and oxygen atoms in total. The van der Waals surface area contributed by atoms with Gasteiger partial charge < -0.3 is 4.57 Å². The molecule has 0 amide bonds. The van der Waals surface area contributed by atoms with Crippen LogP contribution >= 0.6 is 11.6 Å². The van der Waals surface area contributed by atoms with Crippen LogP contribution in [-0.2, 0) is 12.7 Å². The molecule has 4 aromatic rings. The van der Waals surface area contributed by atoms with Crippen molar-refractivity contribution < 1.29 is 17.6 Å². The van der Waals surface area contributed by atoms with Gasteiger partial charge in [0.2, 0.25) is 5.28 Å². The highest BCUT2D eigenvalue weighted by atomic mass is 35.5. The Balaban J connectivity index is 1.73. The molecule has 0 N–H and O–H groups in total. The summed E-state index contributed by atoms with van der Waals surface area (Å²) in [6.45, 7) is 3.68. The molecule has 0 fully saturated rings. The Morgan fingerprint density at radius 3 is 2.60 bits per heavy atom. The first kappa shape index (κ1) is 20.3. The largest absolute Gasteiger partial charge is 0.434 e. The maximum atomic E-state index is 14.9. The lowest BCUT2D eigenvalue weighted by Crippen LogP contribution is -2.10. The highest BCUT2D eigenvalue weighted by molar-refractivity contribution is 6.28. The van der Waals surface area contributed by atoms with E-state index in [1.54, 1.807) is 30.8 Å². The first-order valence-electron chi connectivity index (χ1n) is 8.99. The molecule has 3 aromatic heterocycles. The Morgan fingerprint density at radius 1 is 1.17 bits per heavy atom. The van der Waals surface area contributed by atoms with Crippen molar-refractivity contribution in [3.63, 3.8) is 0 Å². The molecule has 4 rings (SSSR count). The van der Waals surface area contributed by atoms with Crippen LogP contribution in [0.3, 0.4) is 0 Å². The summed E-state index contributed by atoms with van der Waals surface area (Å²) >= 11 is 5.86. The van der Waals surface area contributed by atoms with Gasteiger partial charge in [-0.25, -0.2) is 19.0 Å². The third-order valence-electron chi connectivity index (χ3n) is 4.80. The molecule has 1 unspecified atom stereocenters. The van der Waals surface area contributed by atoms with Crippen molar-refractivity contribution >= 4 is 22.6 Å². The second kappa shape index (κ2) is 7.35. The molecule has 156 valence electrons. The van der Waals surface area contributed by atoms with Gasteiger partial charge in [0.05, 0.1) is 23.2 Å². The monoisotopic (exact) mass is 438 g/mol. The molecule has 30 heavy (non-hydrogen) atoms. The molecule has 1 aromatic carbocycles. The molecule has 3 heterocycles. The van der Waals surface area contributed by atoms with Crippen LogP contribution in [0.4, 0.5) is 17.6 Å². The number of nitrogens with zero attached hydrogens (tertiary/aromatic N) is 6. The predicted octanol–water partition coefficient (Wildman–Crippen LogP) is 5.13. The van der Waals surface area contributed by atoms with Crippen molar-refractivity contribution in [2.75, 3.05) is 0 Å². The van der Waals surface area contributed by atoms with Crippen molar-refractivity contribution in [1.82, 2.24) is 29.3 Å². The standard InChI is InChI=1S/C19H15ClF4N6/c1-3-29-9-15(19(22,23)24)27-17(29)13-5-4-11(6-14(13)21)10(2)30-16-12(8-26-30)7-25-18(20)28-16/h4-10H,3H2,1-2H3. The number of aromatic nitrogens is 6. The van der Waals surface area contributed by atoms with Gasteiger partial charge in [0.25, 0.3) is 0 Å². The van der Waals surface area contributed by atoms with E-state index in [1.807, 2.05) is 0 Å². The maximum absolute atomic E-state index is 14.9. The molecule has 0 bridgehead atoms. The third-order valence-corrected chi connectivity index (χ3v) is 4.98. The summed E-state index contributed by atoms with van der Waals surface area (Å²) < 4.78 is 56.8. The van der Waals surface area contributed by atoms with Gasteiger partial charge in [-0.2, -0.15) is 23.3 Å². The van der Waals surface area contributed by atoms with E-state index in [4.69, 9.17) is 11.6 Å². The van der Waals surface area contributed by atoms with Gasteiger partial charge in [0, 0.05) is 18.9 Å². The average molecular weight is 439 g/mol. The molecule has 0 spiro atoms.